The lowest BCUT2D eigenvalue weighted by atomic mass is 9.98. The van der Waals surface area contributed by atoms with Gasteiger partial charge in [0.15, 0.2) is 0 Å². The Morgan fingerprint density at radius 2 is 1.26 bits per heavy atom. The molecule has 0 N–H and O–H groups in total. The summed E-state index contributed by atoms with van der Waals surface area (Å²) in [6, 6.07) is 27.5. The Kier molecular flexibility index (Phi) is 7.63. The van der Waals surface area contributed by atoms with Crippen LogP contribution in [0.25, 0.3) is 0 Å². The molecule has 0 amide bonds. The Hall–Kier alpha value is -2.61. The summed E-state index contributed by atoms with van der Waals surface area (Å²) < 4.78 is 45.8. The zero-order valence-corrected chi connectivity index (χ0v) is 18.9. The molecular weight excluding hydrogens is 435 g/mol. The third-order valence-electron chi connectivity index (χ3n) is 6.24. The molecule has 5 nitrogen and oxygen atoms in total. The molecule has 2 aliphatic heterocycles. The fraction of sp³-hybridized carbons (Fsp3) is 0.357. The maximum absolute atomic E-state index is 15.3. The number of hydrogen-bond donors (Lipinski definition) is 0. The van der Waals surface area contributed by atoms with Crippen LogP contribution in [0.1, 0.15) is 22.3 Å². The second-order valence-electron chi connectivity index (χ2n) is 8.61. The van der Waals surface area contributed by atoms with E-state index < -0.39 is 30.8 Å². The van der Waals surface area contributed by atoms with Gasteiger partial charge >= 0.3 is 0 Å². The lowest BCUT2D eigenvalue weighted by molar-refractivity contribution is -0.299. The van der Waals surface area contributed by atoms with Crippen molar-refractivity contribution in [3.63, 3.8) is 0 Å². The minimum atomic E-state index is -1.66. The quantitative estimate of drug-likeness (QED) is 0.516. The Balaban J connectivity index is 1.40. The van der Waals surface area contributed by atoms with Crippen LogP contribution in [0.3, 0.4) is 0 Å². The summed E-state index contributed by atoms with van der Waals surface area (Å²) in [5, 5.41) is 0. The van der Waals surface area contributed by atoms with Crippen LogP contribution in [0.2, 0.25) is 0 Å². The van der Waals surface area contributed by atoms with Gasteiger partial charge in [-0.25, -0.2) is 4.39 Å². The van der Waals surface area contributed by atoms with Gasteiger partial charge in [0.2, 0.25) is 6.36 Å². The van der Waals surface area contributed by atoms with Crippen molar-refractivity contribution in [2.75, 3.05) is 6.61 Å². The van der Waals surface area contributed by atoms with E-state index in [2.05, 4.69) is 0 Å². The molecule has 2 bridgehead atoms. The number of benzene rings is 3. The van der Waals surface area contributed by atoms with E-state index in [1.807, 2.05) is 84.9 Å². The first-order valence-corrected chi connectivity index (χ1v) is 11.6. The second kappa shape index (κ2) is 11.2. The number of ether oxygens (including phenoxy) is 5. The maximum atomic E-state index is 15.3. The summed E-state index contributed by atoms with van der Waals surface area (Å²) in [6.07, 6.45) is -4.45. The summed E-state index contributed by atoms with van der Waals surface area (Å²) >= 11 is 0. The highest BCUT2D eigenvalue weighted by Crippen LogP contribution is 2.32. The van der Waals surface area contributed by atoms with Crippen LogP contribution < -0.4 is 0 Å². The van der Waals surface area contributed by atoms with E-state index in [4.69, 9.17) is 23.7 Å². The van der Waals surface area contributed by atoms with Crippen molar-refractivity contribution in [2.45, 2.75) is 57.2 Å². The molecule has 5 atom stereocenters. The fourth-order valence-corrected chi connectivity index (χ4v) is 4.41. The summed E-state index contributed by atoms with van der Waals surface area (Å²) in [5.74, 6) is 0. The third-order valence-corrected chi connectivity index (χ3v) is 6.24. The monoisotopic (exact) mass is 464 g/mol. The second-order valence-corrected chi connectivity index (χ2v) is 8.61. The van der Waals surface area contributed by atoms with E-state index in [9.17, 15) is 0 Å². The molecule has 34 heavy (non-hydrogen) atoms. The molecule has 2 aliphatic rings. The summed E-state index contributed by atoms with van der Waals surface area (Å²) in [7, 11) is 0. The summed E-state index contributed by atoms with van der Waals surface area (Å²) in [5.41, 5.74) is 4.02. The van der Waals surface area contributed by atoms with Crippen molar-refractivity contribution in [3.05, 3.63) is 107 Å². The molecule has 1 fully saturated rings. The largest absolute Gasteiger partial charge is 0.374 e. The van der Waals surface area contributed by atoms with Crippen molar-refractivity contribution in [1.82, 2.24) is 0 Å². The zero-order chi connectivity index (χ0) is 23.2. The van der Waals surface area contributed by atoms with Gasteiger partial charge in [0, 0.05) is 0 Å². The Morgan fingerprint density at radius 1 is 0.706 bits per heavy atom. The zero-order valence-electron chi connectivity index (χ0n) is 18.9. The molecule has 6 heteroatoms. The Morgan fingerprint density at radius 3 is 1.91 bits per heavy atom. The van der Waals surface area contributed by atoms with Crippen LogP contribution in [0.5, 0.6) is 0 Å². The first-order valence-electron chi connectivity index (χ1n) is 11.6. The average molecular weight is 465 g/mol. The summed E-state index contributed by atoms with van der Waals surface area (Å²) in [4.78, 5) is 0. The minimum Gasteiger partial charge on any atom is -0.374 e. The van der Waals surface area contributed by atoms with Crippen LogP contribution in [0.4, 0.5) is 4.39 Å². The highest BCUT2D eigenvalue weighted by molar-refractivity contribution is 5.26. The lowest BCUT2D eigenvalue weighted by Gasteiger charge is -2.44. The Labute approximate surface area is 199 Å². The first-order chi connectivity index (χ1) is 16.8. The van der Waals surface area contributed by atoms with E-state index >= 15 is 4.39 Å². The molecule has 3 aromatic rings. The molecule has 0 spiro atoms. The molecule has 2 heterocycles. The maximum Gasteiger partial charge on any atom is 0.228 e. The van der Waals surface area contributed by atoms with Crippen molar-refractivity contribution < 1.29 is 28.1 Å². The van der Waals surface area contributed by atoms with Crippen LogP contribution in [-0.2, 0) is 50.1 Å². The molecule has 0 aromatic heterocycles. The number of halogens is 1. The van der Waals surface area contributed by atoms with Gasteiger partial charge in [0.1, 0.15) is 24.4 Å². The van der Waals surface area contributed by atoms with E-state index in [-0.39, 0.29) is 13.2 Å². The predicted octanol–water partition coefficient (Wildman–Crippen LogP) is 4.97. The van der Waals surface area contributed by atoms with E-state index in [0.717, 1.165) is 22.3 Å². The van der Waals surface area contributed by atoms with Gasteiger partial charge in [-0.2, -0.15) is 0 Å². The van der Waals surface area contributed by atoms with E-state index in [1.165, 1.54) is 0 Å². The predicted molar refractivity (Wildman–Crippen MR) is 124 cm³/mol. The summed E-state index contributed by atoms with van der Waals surface area (Å²) in [6.45, 7) is 1.50. The molecule has 178 valence electrons. The molecule has 3 aromatic carbocycles. The SMILES string of the molecule is F[C@@H]1OC2COCc3ccccc3COC(C1OCc1ccccc1)[C@@H]2OCc1ccccc1. The smallest absolute Gasteiger partial charge is 0.228 e. The van der Waals surface area contributed by atoms with Crippen LogP contribution >= 0.6 is 0 Å². The standard InChI is InChI=1S/C28H29FO5/c29-28-27(32-16-21-11-5-2-6-12-21)26-25(31-15-20-9-3-1-4-10-20)24(34-28)19-30-17-22-13-7-8-14-23(22)18-33-26/h1-14,24-28H,15-19H2/t24?,25-,26?,27?,28-/m1/s1. The number of fused-ring (bicyclic) bond motifs is 3. The topological polar surface area (TPSA) is 46.2 Å². The molecule has 1 saturated heterocycles. The first kappa shape index (κ1) is 23.1. The average Bonchev–Trinajstić information content (AvgIpc) is 2.88. The van der Waals surface area contributed by atoms with Crippen LogP contribution in [0, 0.1) is 0 Å². The Bertz CT molecular complexity index is 1030. The normalized spacial score (nSPS) is 27.0. The lowest BCUT2D eigenvalue weighted by Crippen LogP contribution is -2.60. The molecule has 0 radical (unpaired) electrons. The molecule has 0 aliphatic carbocycles. The van der Waals surface area contributed by atoms with Gasteiger partial charge in [-0.05, 0) is 22.3 Å². The van der Waals surface area contributed by atoms with Crippen molar-refractivity contribution >= 4 is 0 Å². The van der Waals surface area contributed by atoms with Gasteiger partial charge < -0.3 is 23.7 Å². The number of rotatable bonds is 6. The highest BCUT2D eigenvalue weighted by atomic mass is 19.1. The van der Waals surface area contributed by atoms with Gasteiger partial charge in [0.25, 0.3) is 0 Å². The molecule has 3 unspecified atom stereocenters. The van der Waals surface area contributed by atoms with Crippen LogP contribution in [-0.4, -0.2) is 37.4 Å². The number of hydrogen-bond acceptors (Lipinski definition) is 5. The third kappa shape index (κ3) is 5.54. The van der Waals surface area contributed by atoms with Crippen LogP contribution in [0.15, 0.2) is 84.9 Å². The fourth-order valence-electron chi connectivity index (χ4n) is 4.41. The number of alkyl halides is 1. The van der Waals surface area contributed by atoms with Gasteiger partial charge in [-0.15, -0.1) is 0 Å². The van der Waals surface area contributed by atoms with Crippen molar-refractivity contribution in [3.8, 4) is 0 Å². The highest BCUT2D eigenvalue weighted by Gasteiger charge is 2.49. The van der Waals surface area contributed by atoms with Crippen molar-refractivity contribution in [2.24, 2.45) is 0 Å². The molecular formula is C28H29FO5. The van der Waals surface area contributed by atoms with Crippen molar-refractivity contribution in [1.29, 1.82) is 0 Å². The molecule has 5 rings (SSSR count). The van der Waals surface area contributed by atoms with E-state index in [0.29, 0.717) is 19.8 Å². The molecule has 0 saturated carbocycles. The van der Waals surface area contributed by atoms with E-state index in [1.54, 1.807) is 0 Å². The minimum absolute atomic E-state index is 0.194. The van der Waals surface area contributed by atoms with Gasteiger partial charge in [0.05, 0.1) is 33.0 Å². The van der Waals surface area contributed by atoms with Gasteiger partial charge in [-0.1, -0.05) is 84.9 Å². The van der Waals surface area contributed by atoms with Gasteiger partial charge in [-0.3, -0.25) is 0 Å².